The second-order valence-corrected chi connectivity index (χ2v) is 15.6. The van der Waals surface area contributed by atoms with E-state index < -0.39 is 0 Å². The Morgan fingerprint density at radius 2 is 1.51 bits per heavy atom. The number of benzene rings is 2. The average molecular weight is 638 g/mol. The Morgan fingerprint density at radius 3 is 2.43 bits per heavy atom. The van der Waals surface area contributed by atoms with Gasteiger partial charge in [0, 0.05) is 29.4 Å². The van der Waals surface area contributed by atoms with Crippen LogP contribution in [0, 0.1) is 29.6 Å². The number of allylic oxidation sites excluding steroid dienone is 15. The summed E-state index contributed by atoms with van der Waals surface area (Å²) >= 11 is 0. The molecule has 1 saturated carbocycles. The first-order chi connectivity index (χ1) is 24.3. The molecule has 1 nitrogen and oxygen atoms in total. The number of hydrogen-bond donors (Lipinski definition) is 0. The lowest BCUT2D eigenvalue weighted by molar-refractivity contribution is 0.282. The Labute approximate surface area is 292 Å². The first kappa shape index (κ1) is 29.5. The van der Waals surface area contributed by atoms with Gasteiger partial charge < -0.3 is 4.90 Å². The van der Waals surface area contributed by atoms with Crippen LogP contribution in [0.1, 0.15) is 63.4 Å². The molecule has 2 aromatic rings. The van der Waals surface area contributed by atoms with Gasteiger partial charge in [-0.1, -0.05) is 133 Å². The van der Waals surface area contributed by atoms with Crippen LogP contribution in [0.2, 0.25) is 0 Å². The van der Waals surface area contributed by atoms with Gasteiger partial charge in [0.2, 0.25) is 0 Å². The molecule has 8 aliphatic rings. The Balaban J connectivity index is 1.04. The predicted molar refractivity (Wildman–Crippen MR) is 204 cm³/mol. The molecule has 0 N–H and O–H groups in total. The van der Waals surface area contributed by atoms with Crippen molar-refractivity contribution < 1.29 is 0 Å². The fraction of sp³-hybridized carbons (Fsp3) is 0.333. The van der Waals surface area contributed by atoms with Crippen LogP contribution in [0.3, 0.4) is 0 Å². The van der Waals surface area contributed by atoms with Gasteiger partial charge in [0.25, 0.3) is 0 Å². The smallest absolute Gasteiger partial charge is 0.0555 e. The van der Waals surface area contributed by atoms with Crippen LogP contribution in [0.25, 0.3) is 16.7 Å². The number of nitrogens with zero attached hydrogens (tertiary/aromatic N) is 1. The molecule has 1 heterocycles. The van der Waals surface area contributed by atoms with E-state index in [0.717, 1.165) is 6.42 Å². The summed E-state index contributed by atoms with van der Waals surface area (Å²) in [7, 11) is 0. The van der Waals surface area contributed by atoms with Crippen LogP contribution in [-0.4, -0.2) is 17.0 Å². The lowest BCUT2D eigenvalue weighted by Gasteiger charge is -2.44. The zero-order valence-corrected chi connectivity index (χ0v) is 28.6. The molecule has 7 unspecified atom stereocenters. The highest BCUT2D eigenvalue weighted by atomic mass is 15.2. The summed E-state index contributed by atoms with van der Waals surface area (Å²) < 4.78 is 0. The standard InChI is InChI=1S/C48H47N/c1-3-14-32(15-4-1)34-18-13-19-35(30-34)43-31-36-26-28-46-48(47(36)41-23-10-8-21-39(41)43)42-24-11-12-25-44(42)49(46)45-29-27-37(33-16-5-2-6-17-33)38-20-7-9-22-40(38)45/h1,3-4,8,10-16,18-19,21,23-30,37-38,41-42,44,46,48H,2,5-7,9,17,20,22,31H2. The maximum absolute atomic E-state index is 2.90. The molecule has 1 saturated heterocycles. The maximum atomic E-state index is 2.90. The van der Waals surface area contributed by atoms with E-state index in [1.54, 1.807) is 28.0 Å². The lowest BCUT2D eigenvalue weighted by Crippen LogP contribution is -2.40. The minimum atomic E-state index is 0.325. The maximum Gasteiger partial charge on any atom is 0.0555 e. The van der Waals surface area contributed by atoms with Crippen molar-refractivity contribution in [2.45, 2.75) is 69.9 Å². The van der Waals surface area contributed by atoms with Gasteiger partial charge in [-0.3, -0.25) is 0 Å². The van der Waals surface area contributed by atoms with Crippen LogP contribution in [0.5, 0.6) is 0 Å². The number of likely N-dealkylation sites (tertiary alicyclic amines) is 1. The summed E-state index contributed by atoms with van der Waals surface area (Å²) in [4.78, 5) is 2.90. The van der Waals surface area contributed by atoms with Gasteiger partial charge in [0.05, 0.1) is 12.1 Å². The first-order valence-corrected chi connectivity index (χ1v) is 19.2. The molecular formula is C48H47N. The van der Waals surface area contributed by atoms with Crippen molar-refractivity contribution in [3.8, 4) is 11.1 Å². The zero-order valence-electron chi connectivity index (χ0n) is 28.6. The third-order valence-corrected chi connectivity index (χ3v) is 13.1. The van der Waals surface area contributed by atoms with Gasteiger partial charge in [0.1, 0.15) is 0 Å². The quantitative estimate of drug-likeness (QED) is 0.302. The second kappa shape index (κ2) is 12.2. The Hall–Kier alpha value is -4.36. The van der Waals surface area contributed by atoms with Crippen molar-refractivity contribution in [2.24, 2.45) is 29.6 Å². The molecular weight excluding hydrogens is 591 g/mol. The van der Waals surface area contributed by atoms with Crippen molar-refractivity contribution >= 4 is 5.57 Å². The molecule has 0 radical (unpaired) electrons. The lowest BCUT2D eigenvalue weighted by atomic mass is 9.64. The zero-order chi connectivity index (χ0) is 32.3. The van der Waals surface area contributed by atoms with Gasteiger partial charge in [0.15, 0.2) is 0 Å². The summed E-state index contributed by atoms with van der Waals surface area (Å²) in [5, 5.41) is 0. The molecule has 2 aromatic carbocycles. The Morgan fingerprint density at radius 1 is 0.653 bits per heavy atom. The Bertz CT molecular complexity index is 1980. The fourth-order valence-corrected chi connectivity index (χ4v) is 11.0. The molecule has 0 amide bonds. The van der Waals surface area contributed by atoms with Gasteiger partial charge in [-0.25, -0.2) is 0 Å². The molecule has 1 aliphatic heterocycles. The minimum absolute atomic E-state index is 0.325. The van der Waals surface area contributed by atoms with Gasteiger partial charge >= 0.3 is 0 Å². The normalized spacial score (nSPS) is 32.5. The summed E-state index contributed by atoms with van der Waals surface area (Å²) in [6.07, 6.45) is 43.9. The number of fused-ring (bicyclic) bond motifs is 7. The van der Waals surface area contributed by atoms with Crippen molar-refractivity contribution in [3.05, 3.63) is 173 Å². The van der Waals surface area contributed by atoms with E-state index in [1.807, 2.05) is 0 Å². The predicted octanol–water partition coefficient (Wildman–Crippen LogP) is 11.7. The minimum Gasteiger partial charge on any atom is -0.357 e. The molecule has 7 atom stereocenters. The van der Waals surface area contributed by atoms with Gasteiger partial charge in [-0.05, 0) is 114 Å². The van der Waals surface area contributed by atoms with Gasteiger partial charge in [-0.2, -0.15) is 0 Å². The summed E-state index contributed by atoms with van der Waals surface area (Å²) in [6.45, 7) is 0. The second-order valence-electron chi connectivity index (χ2n) is 15.6. The monoisotopic (exact) mass is 637 g/mol. The average Bonchev–Trinajstić information content (AvgIpc) is 3.52. The number of hydrogen-bond acceptors (Lipinski definition) is 1. The summed E-state index contributed by atoms with van der Waals surface area (Å²) in [5.74, 6) is 2.59. The van der Waals surface area contributed by atoms with E-state index in [9.17, 15) is 0 Å². The molecule has 49 heavy (non-hydrogen) atoms. The first-order valence-electron chi connectivity index (χ1n) is 19.2. The van der Waals surface area contributed by atoms with Crippen LogP contribution >= 0.6 is 0 Å². The molecule has 0 aromatic heterocycles. The highest BCUT2D eigenvalue weighted by Gasteiger charge is 2.52. The van der Waals surface area contributed by atoms with Crippen molar-refractivity contribution in [1.29, 1.82) is 0 Å². The largest absolute Gasteiger partial charge is 0.357 e. The molecule has 244 valence electrons. The fourth-order valence-electron chi connectivity index (χ4n) is 11.0. The van der Waals surface area contributed by atoms with Crippen LogP contribution in [-0.2, 0) is 0 Å². The molecule has 1 heteroatoms. The molecule has 10 rings (SSSR count). The van der Waals surface area contributed by atoms with E-state index in [1.165, 1.54) is 79.2 Å². The SMILES string of the molecule is C1=CC2=C(c3cccc(-c4ccccc4)c3)CC3=C(C2C=C1)C1C2C=CC=CC2N(C2=C4CCCCC4C(C4=CCCCC4)C=C2)C1C=C3. The van der Waals surface area contributed by atoms with Gasteiger partial charge in [-0.15, -0.1) is 0 Å². The third kappa shape index (κ3) is 4.87. The van der Waals surface area contributed by atoms with Crippen molar-refractivity contribution in [3.63, 3.8) is 0 Å². The molecule has 2 fully saturated rings. The van der Waals surface area contributed by atoms with E-state index >= 15 is 0 Å². The van der Waals surface area contributed by atoms with Crippen molar-refractivity contribution in [1.82, 2.24) is 4.90 Å². The Kier molecular flexibility index (Phi) is 7.36. The van der Waals surface area contributed by atoms with Crippen LogP contribution in [0.4, 0.5) is 0 Å². The van der Waals surface area contributed by atoms with Crippen molar-refractivity contribution in [2.75, 3.05) is 0 Å². The van der Waals surface area contributed by atoms with E-state index in [2.05, 4.69) is 138 Å². The van der Waals surface area contributed by atoms with Crippen LogP contribution in [0.15, 0.2) is 167 Å². The molecule has 7 aliphatic carbocycles. The molecule has 0 spiro atoms. The van der Waals surface area contributed by atoms with Crippen LogP contribution < -0.4 is 0 Å². The van der Waals surface area contributed by atoms with E-state index in [0.29, 0.717) is 41.7 Å². The summed E-state index contributed by atoms with van der Waals surface area (Å²) in [6, 6.07) is 20.9. The highest BCUT2D eigenvalue weighted by molar-refractivity contribution is 5.81. The third-order valence-electron chi connectivity index (χ3n) is 13.1. The topological polar surface area (TPSA) is 3.24 Å². The summed E-state index contributed by atoms with van der Waals surface area (Å²) in [5.41, 5.74) is 15.2. The van der Waals surface area contributed by atoms with E-state index in [-0.39, 0.29) is 0 Å². The molecule has 0 bridgehead atoms. The number of rotatable bonds is 4. The highest BCUT2D eigenvalue weighted by Crippen LogP contribution is 2.57. The van der Waals surface area contributed by atoms with E-state index in [4.69, 9.17) is 0 Å².